The van der Waals surface area contributed by atoms with E-state index in [1.165, 1.54) is 6.08 Å². The van der Waals surface area contributed by atoms with Crippen LogP contribution in [0, 0.1) is 0 Å². The molecule has 4 heteroatoms. The van der Waals surface area contributed by atoms with Gasteiger partial charge in [0, 0.05) is 36.1 Å². The van der Waals surface area contributed by atoms with Crippen molar-refractivity contribution in [3.63, 3.8) is 0 Å². The number of nitrogens with zero attached hydrogens (tertiary/aromatic N) is 2. The van der Waals surface area contributed by atoms with E-state index in [-0.39, 0.29) is 0 Å². The van der Waals surface area contributed by atoms with Gasteiger partial charge in [-0.3, -0.25) is 4.98 Å². The molecule has 0 aliphatic carbocycles. The van der Waals surface area contributed by atoms with Crippen LogP contribution in [0.4, 0.5) is 5.69 Å². The Morgan fingerprint density at radius 2 is 2.19 bits per heavy atom. The zero-order valence-electron chi connectivity index (χ0n) is 11.8. The number of nitrogens with one attached hydrogen (secondary N) is 1. The fourth-order valence-corrected chi connectivity index (χ4v) is 2.32. The molecule has 21 heavy (non-hydrogen) atoms. The van der Waals surface area contributed by atoms with E-state index >= 15 is 0 Å². The number of benzene rings is 1. The highest BCUT2D eigenvalue weighted by atomic mass is 16.3. The maximum Gasteiger partial charge on any atom is 0.143 e. The molecule has 3 aromatic rings. The molecule has 0 bridgehead atoms. The number of fused-ring (bicyclic) bond motifs is 1. The molecule has 106 valence electrons. The predicted octanol–water partition coefficient (Wildman–Crippen LogP) is 3.16. The minimum Gasteiger partial charge on any atom is -0.370 e. The minimum absolute atomic E-state index is 0.761. The molecular weight excluding hydrogens is 262 g/mol. The van der Waals surface area contributed by atoms with Gasteiger partial charge in [0.1, 0.15) is 6.23 Å². The molecule has 1 aromatic carbocycles. The van der Waals surface area contributed by atoms with Gasteiger partial charge in [-0.2, -0.15) is 0 Å². The van der Waals surface area contributed by atoms with Crippen molar-refractivity contribution in [2.75, 3.05) is 5.32 Å². The number of pyridine rings is 1. The normalized spacial score (nSPS) is 12.3. The lowest BCUT2D eigenvalue weighted by molar-refractivity contribution is 0.253. The Morgan fingerprint density at radius 1 is 1.33 bits per heavy atom. The van der Waals surface area contributed by atoms with Crippen LogP contribution in [-0.2, 0) is 7.05 Å². The maximum atomic E-state index is 9.57. The van der Waals surface area contributed by atoms with Crippen molar-refractivity contribution in [3.05, 3.63) is 61.4 Å². The van der Waals surface area contributed by atoms with Crippen LogP contribution < -0.4 is 5.32 Å². The van der Waals surface area contributed by atoms with E-state index < -0.39 is 6.23 Å². The van der Waals surface area contributed by atoms with Crippen molar-refractivity contribution in [2.24, 2.45) is 7.05 Å². The van der Waals surface area contributed by atoms with Crippen LogP contribution in [0.15, 0.2) is 61.4 Å². The van der Waals surface area contributed by atoms with Gasteiger partial charge >= 0.3 is 0 Å². The summed E-state index contributed by atoms with van der Waals surface area (Å²) in [7, 11) is 2.02. The lowest BCUT2D eigenvalue weighted by Crippen LogP contribution is -2.14. The number of rotatable bonds is 4. The molecule has 0 spiro atoms. The molecule has 0 saturated carbocycles. The second-order valence-electron chi connectivity index (χ2n) is 4.96. The van der Waals surface area contributed by atoms with Gasteiger partial charge in [-0.05, 0) is 30.3 Å². The van der Waals surface area contributed by atoms with Crippen molar-refractivity contribution >= 4 is 16.6 Å². The van der Waals surface area contributed by atoms with Crippen LogP contribution in [0.25, 0.3) is 22.2 Å². The van der Waals surface area contributed by atoms with Crippen molar-refractivity contribution in [2.45, 2.75) is 6.23 Å². The van der Waals surface area contributed by atoms with E-state index in [9.17, 15) is 5.11 Å². The number of aliphatic hydroxyl groups excluding tert-OH is 1. The second kappa shape index (κ2) is 5.42. The lowest BCUT2D eigenvalue weighted by Gasteiger charge is -2.11. The first kappa shape index (κ1) is 13.4. The quantitative estimate of drug-likeness (QED) is 0.570. The number of hydrogen-bond donors (Lipinski definition) is 2. The van der Waals surface area contributed by atoms with E-state index in [1.807, 2.05) is 49.8 Å². The third kappa shape index (κ3) is 2.66. The van der Waals surface area contributed by atoms with Gasteiger partial charge in [0.25, 0.3) is 0 Å². The number of aryl methyl sites for hydroxylation is 1. The molecule has 2 aromatic heterocycles. The van der Waals surface area contributed by atoms with Gasteiger partial charge in [-0.15, -0.1) is 0 Å². The third-order valence-corrected chi connectivity index (χ3v) is 3.47. The van der Waals surface area contributed by atoms with Crippen LogP contribution in [0.5, 0.6) is 0 Å². The Bertz CT molecular complexity index is 792. The van der Waals surface area contributed by atoms with Crippen LogP contribution in [0.3, 0.4) is 0 Å². The van der Waals surface area contributed by atoms with Crippen LogP contribution >= 0.6 is 0 Å². The smallest absolute Gasteiger partial charge is 0.143 e. The molecule has 3 rings (SSSR count). The Hall–Kier alpha value is -2.59. The highest BCUT2D eigenvalue weighted by Crippen LogP contribution is 2.24. The fourth-order valence-electron chi connectivity index (χ4n) is 2.32. The predicted molar refractivity (Wildman–Crippen MR) is 86.0 cm³/mol. The van der Waals surface area contributed by atoms with Gasteiger partial charge in [-0.1, -0.05) is 18.7 Å². The molecule has 0 radical (unpaired) electrons. The summed E-state index contributed by atoms with van der Waals surface area (Å²) in [5.41, 5.74) is 3.87. The summed E-state index contributed by atoms with van der Waals surface area (Å²) in [6.45, 7) is 3.55. The SMILES string of the molecule is C=CC(O)Nc1cccc(-c2cc3c(ccn3C)cn2)c1. The molecule has 4 nitrogen and oxygen atoms in total. The molecule has 0 saturated heterocycles. The van der Waals surface area contributed by atoms with Gasteiger partial charge < -0.3 is 15.0 Å². The van der Waals surface area contributed by atoms with E-state index in [2.05, 4.69) is 27.5 Å². The Morgan fingerprint density at radius 3 is 3.00 bits per heavy atom. The monoisotopic (exact) mass is 279 g/mol. The van der Waals surface area contributed by atoms with Gasteiger partial charge in [0.05, 0.1) is 11.2 Å². The fraction of sp³-hybridized carbons (Fsp3) is 0.118. The molecule has 1 atom stereocenters. The molecule has 0 amide bonds. The summed E-state index contributed by atoms with van der Waals surface area (Å²) >= 11 is 0. The van der Waals surface area contributed by atoms with E-state index in [0.29, 0.717) is 0 Å². The van der Waals surface area contributed by atoms with Crippen molar-refractivity contribution in [1.82, 2.24) is 9.55 Å². The molecule has 0 fully saturated rings. The maximum absolute atomic E-state index is 9.57. The average molecular weight is 279 g/mol. The van der Waals surface area contributed by atoms with E-state index in [1.54, 1.807) is 0 Å². The zero-order chi connectivity index (χ0) is 14.8. The topological polar surface area (TPSA) is 50.1 Å². The molecule has 0 aliphatic heterocycles. The summed E-state index contributed by atoms with van der Waals surface area (Å²) in [5.74, 6) is 0. The Labute approximate surface area is 123 Å². The summed E-state index contributed by atoms with van der Waals surface area (Å²) in [6, 6.07) is 11.9. The Kier molecular flexibility index (Phi) is 3.46. The van der Waals surface area contributed by atoms with Crippen molar-refractivity contribution in [3.8, 4) is 11.3 Å². The van der Waals surface area contributed by atoms with Gasteiger partial charge in [0.2, 0.25) is 0 Å². The van der Waals surface area contributed by atoms with Crippen molar-refractivity contribution in [1.29, 1.82) is 0 Å². The molecule has 1 unspecified atom stereocenters. The molecule has 0 aliphatic rings. The Balaban J connectivity index is 1.99. The summed E-state index contributed by atoms with van der Waals surface area (Å²) < 4.78 is 2.07. The number of aromatic nitrogens is 2. The first-order chi connectivity index (χ1) is 10.2. The van der Waals surface area contributed by atoms with Crippen LogP contribution in [-0.4, -0.2) is 20.9 Å². The van der Waals surface area contributed by atoms with Crippen molar-refractivity contribution < 1.29 is 5.11 Å². The number of hydrogen-bond acceptors (Lipinski definition) is 3. The number of aliphatic hydroxyl groups is 1. The first-order valence-corrected chi connectivity index (χ1v) is 6.76. The highest BCUT2D eigenvalue weighted by Gasteiger charge is 2.05. The lowest BCUT2D eigenvalue weighted by atomic mass is 10.1. The third-order valence-electron chi connectivity index (χ3n) is 3.47. The molecule has 2 N–H and O–H groups in total. The van der Waals surface area contributed by atoms with E-state index in [0.717, 1.165) is 27.8 Å². The average Bonchev–Trinajstić information content (AvgIpc) is 2.88. The van der Waals surface area contributed by atoms with Crippen LogP contribution in [0.1, 0.15) is 0 Å². The molecular formula is C17H17N3O. The number of anilines is 1. The molecule has 2 heterocycles. The van der Waals surface area contributed by atoms with E-state index in [4.69, 9.17) is 0 Å². The van der Waals surface area contributed by atoms with Crippen LogP contribution in [0.2, 0.25) is 0 Å². The zero-order valence-corrected chi connectivity index (χ0v) is 11.8. The summed E-state index contributed by atoms with van der Waals surface area (Å²) in [5, 5.41) is 13.6. The van der Waals surface area contributed by atoms with Gasteiger partial charge in [-0.25, -0.2) is 0 Å². The largest absolute Gasteiger partial charge is 0.370 e. The second-order valence-corrected chi connectivity index (χ2v) is 4.96. The highest BCUT2D eigenvalue weighted by molar-refractivity contribution is 5.83. The minimum atomic E-state index is -0.761. The van der Waals surface area contributed by atoms with Gasteiger partial charge in [0.15, 0.2) is 0 Å². The summed E-state index contributed by atoms with van der Waals surface area (Å²) in [6.07, 6.45) is 4.59. The first-order valence-electron chi connectivity index (χ1n) is 6.76. The standard InChI is InChI=1S/C17H17N3O/c1-3-17(21)19-14-6-4-5-12(9-14)15-10-16-13(11-18-15)7-8-20(16)2/h3-11,17,19,21H,1H2,2H3. The summed E-state index contributed by atoms with van der Waals surface area (Å²) in [4.78, 5) is 4.51.